The molecule has 1 heterocycles. The van der Waals surface area contributed by atoms with Gasteiger partial charge in [-0.3, -0.25) is 4.79 Å². The first kappa shape index (κ1) is 17.2. The van der Waals surface area contributed by atoms with Crippen molar-refractivity contribution in [2.24, 2.45) is 5.16 Å². The van der Waals surface area contributed by atoms with Crippen molar-refractivity contribution in [2.75, 3.05) is 4.90 Å². The van der Waals surface area contributed by atoms with Crippen LogP contribution in [0.1, 0.15) is 23.1 Å². The first-order valence-corrected chi connectivity index (χ1v) is 8.10. The molecule has 1 N–H and O–H groups in total. The summed E-state index contributed by atoms with van der Waals surface area (Å²) in [6.07, 6.45) is 1.16. The first-order valence-electron chi connectivity index (χ1n) is 7.72. The van der Waals surface area contributed by atoms with Gasteiger partial charge in [-0.25, -0.2) is 4.39 Å². The Morgan fingerprint density at radius 1 is 1.32 bits per heavy atom. The highest BCUT2D eigenvalue weighted by Crippen LogP contribution is 2.37. The van der Waals surface area contributed by atoms with Gasteiger partial charge >= 0.3 is 0 Å². The Kier molecular flexibility index (Phi) is 4.86. The third-order valence-electron chi connectivity index (χ3n) is 4.15. The van der Waals surface area contributed by atoms with Crippen LogP contribution in [0.15, 0.2) is 53.2 Å². The van der Waals surface area contributed by atoms with Crippen molar-refractivity contribution in [3.63, 3.8) is 0 Å². The lowest BCUT2D eigenvalue weighted by Gasteiger charge is -2.23. The molecule has 1 aliphatic heterocycles. The molecular formula is C19H16ClFN2O2. The van der Waals surface area contributed by atoms with E-state index < -0.39 is 0 Å². The molecule has 0 saturated carbocycles. The summed E-state index contributed by atoms with van der Waals surface area (Å²) < 4.78 is 13.9. The van der Waals surface area contributed by atoms with Crippen LogP contribution in [-0.2, 0) is 11.3 Å². The molecule has 0 aliphatic carbocycles. The number of anilines is 1. The smallest absolute Gasteiger partial charge is 0.231 e. The van der Waals surface area contributed by atoms with E-state index in [-0.39, 0.29) is 24.7 Å². The van der Waals surface area contributed by atoms with Gasteiger partial charge < -0.3 is 10.1 Å². The molecule has 1 aliphatic rings. The molecule has 2 aromatic carbocycles. The van der Waals surface area contributed by atoms with Crippen LogP contribution in [0.3, 0.4) is 0 Å². The zero-order chi connectivity index (χ0) is 18.0. The van der Waals surface area contributed by atoms with Crippen LogP contribution in [-0.4, -0.2) is 17.3 Å². The fourth-order valence-corrected chi connectivity index (χ4v) is 3.08. The van der Waals surface area contributed by atoms with E-state index in [4.69, 9.17) is 16.8 Å². The number of carbonyl (C=O) groups excluding carboxylic acids is 1. The average molecular weight is 359 g/mol. The number of benzene rings is 2. The fourth-order valence-electron chi connectivity index (χ4n) is 2.80. The Morgan fingerprint density at radius 3 is 2.80 bits per heavy atom. The number of amides is 1. The van der Waals surface area contributed by atoms with E-state index in [0.29, 0.717) is 33.0 Å². The van der Waals surface area contributed by atoms with Gasteiger partial charge in [0, 0.05) is 11.1 Å². The van der Waals surface area contributed by atoms with Crippen LogP contribution >= 0.6 is 11.6 Å². The van der Waals surface area contributed by atoms with Gasteiger partial charge in [0.15, 0.2) is 0 Å². The minimum absolute atomic E-state index is 0.00802. The van der Waals surface area contributed by atoms with Gasteiger partial charge in [-0.15, -0.1) is 0 Å². The summed E-state index contributed by atoms with van der Waals surface area (Å²) in [7, 11) is 0. The van der Waals surface area contributed by atoms with Crippen LogP contribution in [0, 0.1) is 12.7 Å². The van der Waals surface area contributed by atoms with Gasteiger partial charge in [-0.2, -0.15) is 0 Å². The van der Waals surface area contributed by atoms with Gasteiger partial charge in [0.2, 0.25) is 5.91 Å². The summed E-state index contributed by atoms with van der Waals surface area (Å²) in [4.78, 5) is 14.3. The van der Waals surface area contributed by atoms with E-state index in [0.717, 1.165) is 0 Å². The molecular weight excluding hydrogens is 343 g/mol. The van der Waals surface area contributed by atoms with Crippen molar-refractivity contribution < 1.29 is 14.4 Å². The lowest BCUT2D eigenvalue weighted by Crippen LogP contribution is -2.30. The van der Waals surface area contributed by atoms with Gasteiger partial charge in [0.1, 0.15) is 5.82 Å². The number of para-hydroxylation sites is 1. The van der Waals surface area contributed by atoms with E-state index in [1.807, 2.05) is 12.1 Å². The van der Waals surface area contributed by atoms with E-state index in [9.17, 15) is 9.18 Å². The second kappa shape index (κ2) is 7.07. The fraction of sp³-hybridized carbons (Fsp3) is 0.158. The highest BCUT2D eigenvalue weighted by molar-refractivity contribution is 6.51. The molecule has 2 aromatic rings. The minimum Gasteiger partial charge on any atom is -0.411 e. The molecule has 0 saturated heterocycles. The lowest BCUT2D eigenvalue weighted by molar-refractivity contribution is -0.118. The average Bonchev–Trinajstić information content (AvgIpc) is 2.70. The summed E-state index contributed by atoms with van der Waals surface area (Å²) >= 11 is 6.41. The van der Waals surface area contributed by atoms with Crippen molar-refractivity contribution in [1.82, 2.24) is 0 Å². The van der Waals surface area contributed by atoms with Crippen LogP contribution in [0.2, 0.25) is 0 Å². The maximum Gasteiger partial charge on any atom is 0.231 e. The predicted molar refractivity (Wildman–Crippen MR) is 96.4 cm³/mol. The number of hydrogen-bond acceptors (Lipinski definition) is 3. The third kappa shape index (κ3) is 3.42. The number of hydrogen-bond donors (Lipinski definition) is 1. The molecule has 1 amide bonds. The summed E-state index contributed by atoms with van der Waals surface area (Å²) in [6.45, 7) is 1.91. The molecule has 3 rings (SSSR count). The van der Waals surface area contributed by atoms with Crippen LogP contribution in [0.4, 0.5) is 10.1 Å². The molecule has 0 radical (unpaired) electrons. The van der Waals surface area contributed by atoms with Crippen molar-refractivity contribution in [2.45, 2.75) is 19.9 Å². The number of fused-ring (bicyclic) bond motifs is 1. The quantitative estimate of drug-likeness (QED) is 0.499. The van der Waals surface area contributed by atoms with E-state index in [1.54, 1.807) is 36.1 Å². The Balaban J connectivity index is 2.05. The zero-order valence-electron chi connectivity index (χ0n) is 13.5. The number of halogens is 2. The Labute approximate surface area is 149 Å². The Hall–Kier alpha value is -2.66. The lowest BCUT2D eigenvalue weighted by atomic mass is 10.1. The SMILES string of the molecule is Cc1ccc(CN2C(=O)CC(C=NO)=C(Cl)c3ccccc32)cc1F. The summed E-state index contributed by atoms with van der Waals surface area (Å²) in [6, 6.07) is 12.1. The number of aryl methyl sites for hydroxylation is 1. The molecule has 25 heavy (non-hydrogen) atoms. The van der Waals surface area contributed by atoms with Crippen molar-refractivity contribution in [3.8, 4) is 0 Å². The van der Waals surface area contributed by atoms with Crippen molar-refractivity contribution in [1.29, 1.82) is 0 Å². The van der Waals surface area contributed by atoms with Gasteiger partial charge in [0.25, 0.3) is 0 Å². The van der Waals surface area contributed by atoms with Crippen molar-refractivity contribution >= 4 is 34.4 Å². The normalized spacial score (nSPS) is 14.8. The maximum atomic E-state index is 13.9. The van der Waals surface area contributed by atoms with Gasteiger partial charge in [-0.1, -0.05) is 47.1 Å². The minimum atomic E-state index is -0.308. The van der Waals surface area contributed by atoms with Crippen LogP contribution < -0.4 is 4.90 Å². The second-order valence-electron chi connectivity index (χ2n) is 5.84. The monoisotopic (exact) mass is 358 g/mol. The molecule has 0 bridgehead atoms. The van der Waals surface area contributed by atoms with E-state index >= 15 is 0 Å². The second-order valence-corrected chi connectivity index (χ2v) is 6.22. The zero-order valence-corrected chi connectivity index (χ0v) is 14.3. The van der Waals surface area contributed by atoms with E-state index in [2.05, 4.69) is 5.16 Å². The molecule has 6 heteroatoms. The molecule has 0 unspecified atom stereocenters. The van der Waals surface area contributed by atoms with Crippen LogP contribution in [0.25, 0.3) is 5.03 Å². The number of oxime groups is 1. The van der Waals surface area contributed by atoms with Crippen molar-refractivity contribution in [3.05, 3.63) is 70.5 Å². The summed E-state index contributed by atoms with van der Waals surface area (Å²) in [5.74, 6) is -0.517. The summed E-state index contributed by atoms with van der Waals surface area (Å²) in [5, 5.41) is 12.2. The van der Waals surface area contributed by atoms with E-state index in [1.165, 1.54) is 12.3 Å². The molecule has 0 spiro atoms. The summed E-state index contributed by atoms with van der Waals surface area (Å²) in [5.41, 5.74) is 2.97. The predicted octanol–water partition coefficient (Wildman–Crippen LogP) is 4.48. The maximum absolute atomic E-state index is 13.9. The molecule has 128 valence electrons. The number of rotatable bonds is 3. The molecule has 0 aromatic heterocycles. The van der Waals surface area contributed by atoms with Gasteiger partial charge in [-0.05, 0) is 30.2 Å². The first-order chi connectivity index (χ1) is 12.0. The largest absolute Gasteiger partial charge is 0.411 e. The number of nitrogens with zero attached hydrogens (tertiary/aromatic N) is 2. The molecule has 0 fully saturated rings. The molecule has 0 atom stereocenters. The Bertz CT molecular complexity index is 893. The topological polar surface area (TPSA) is 52.9 Å². The van der Waals surface area contributed by atoms with Crippen LogP contribution in [0.5, 0.6) is 0 Å². The third-order valence-corrected chi connectivity index (χ3v) is 4.59. The Morgan fingerprint density at radius 2 is 2.08 bits per heavy atom. The number of carbonyl (C=O) groups is 1. The highest BCUT2D eigenvalue weighted by atomic mass is 35.5. The molecule has 4 nitrogen and oxygen atoms in total. The van der Waals surface area contributed by atoms with Gasteiger partial charge in [0.05, 0.1) is 29.9 Å². The standard InChI is InChI=1S/C19H16ClFN2O2/c1-12-6-7-13(8-16(12)21)11-23-17-5-3-2-4-15(17)19(20)14(10-22-25)9-18(23)24/h2-8,10,25H,9,11H2,1H3. The highest BCUT2D eigenvalue weighted by Gasteiger charge is 2.26.